The number of piperidine rings is 1. The number of hydrogen-bond donors (Lipinski definition) is 0. The van der Waals surface area contributed by atoms with Crippen LogP contribution >= 0.6 is 11.8 Å². The molecule has 0 N–H and O–H groups in total. The molecule has 1 fully saturated rings. The summed E-state index contributed by atoms with van der Waals surface area (Å²) >= 11 is 1.69. The van der Waals surface area contributed by atoms with E-state index < -0.39 is 0 Å². The Morgan fingerprint density at radius 1 is 1.29 bits per heavy atom. The van der Waals surface area contributed by atoms with Crippen LogP contribution in [0, 0.1) is 0 Å². The van der Waals surface area contributed by atoms with E-state index in [1.54, 1.807) is 11.8 Å². The zero-order valence-electron chi connectivity index (χ0n) is 14.6. The first-order chi connectivity index (χ1) is 11.6. The van der Waals surface area contributed by atoms with Crippen LogP contribution < -0.4 is 0 Å². The normalized spacial score (nSPS) is 18.2. The fourth-order valence-electron chi connectivity index (χ4n) is 3.37. The van der Waals surface area contributed by atoms with Crippen molar-refractivity contribution in [2.75, 3.05) is 19.3 Å². The summed E-state index contributed by atoms with van der Waals surface area (Å²) in [6.07, 6.45) is 8.09. The van der Waals surface area contributed by atoms with Gasteiger partial charge in [0.25, 0.3) is 5.91 Å². The van der Waals surface area contributed by atoms with Crippen LogP contribution in [-0.4, -0.2) is 39.7 Å². The Balaban J connectivity index is 1.75. The number of carbonyl (C=O) groups excluding carboxylic acids is 1. The van der Waals surface area contributed by atoms with E-state index >= 15 is 0 Å². The minimum Gasteiger partial charge on any atom is -0.338 e. The zero-order valence-corrected chi connectivity index (χ0v) is 15.4. The molecule has 1 amide bonds. The van der Waals surface area contributed by atoms with E-state index in [9.17, 15) is 4.79 Å². The van der Waals surface area contributed by atoms with Gasteiger partial charge < -0.3 is 9.47 Å². The largest absolute Gasteiger partial charge is 0.338 e. The first-order valence-electron chi connectivity index (χ1n) is 8.56. The zero-order chi connectivity index (χ0) is 17.1. The van der Waals surface area contributed by atoms with Crippen molar-refractivity contribution >= 4 is 17.7 Å². The molecular weight excluding hydrogens is 318 g/mol. The molecular formula is C19H25N3OS. The van der Waals surface area contributed by atoms with Crippen LogP contribution in [0.15, 0.2) is 41.6 Å². The number of likely N-dealkylation sites (tertiary alicyclic amines) is 1. The maximum atomic E-state index is 12.8. The van der Waals surface area contributed by atoms with Crippen molar-refractivity contribution in [1.29, 1.82) is 0 Å². The maximum Gasteiger partial charge on any atom is 0.253 e. The second kappa shape index (κ2) is 7.43. The molecule has 2 aromatic rings. The van der Waals surface area contributed by atoms with Gasteiger partial charge in [-0.1, -0.05) is 0 Å². The Labute approximate surface area is 148 Å². The second-order valence-electron chi connectivity index (χ2n) is 6.61. The third kappa shape index (κ3) is 3.51. The predicted octanol–water partition coefficient (Wildman–Crippen LogP) is 4.21. The van der Waals surface area contributed by atoms with Crippen molar-refractivity contribution in [3.05, 3.63) is 48.0 Å². The molecule has 1 aliphatic heterocycles. The highest BCUT2D eigenvalue weighted by molar-refractivity contribution is 7.98. The highest BCUT2D eigenvalue weighted by atomic mass is 32.2. The summed E-state index contributed by atoms with van der Waals surface area (Å²) < 4.78 is 2.23. The second-order valence-corrected chi connectivity index (χ2v) is 7.48. The van der Waals surface area contributed by atoms with Crippen LogP contribution in [0.1, 0.15) is 54.8 Å². The first kappa shape index (κ1) is 17.1. The molecule has 0 saturated carbocycles. The number of rotatable bonds is 4. The van der Waals surface area contributed by atoms with Crippen molar-refractivity contribution in [3.8, 4) is 0 Å². The van der Waals surface area contributed by atoms with Gasteiger partial charge in [-0.25, -0.2) is 4.98 Å². The van der Waals surface area contributed by atoms with Crippen LogP contribution in [-0.2, 0) is 0 Å². The van der Waals surface area contributed by atoms with Crippen molar-refractivity contribution in [1.82, 2.24) is 14.5 Å². The lowest BCUT2D eigenvalue weighted by molar-refractivity contribution is 0.0703. The number of benzene rings is 1. The lowest BCUT2D eigenvalue weighted by atomic mass is 9.96. The Bertz CT molecular complexity index is 693. The van der Waals surface area contributed by atoms with Gasteiger partial charge in [-0.05, 0) is 57.2 Å². The highest BCUT2D eigenvalue weighted by Gasteiger charge is 2.28. The number of carbonyl (C=O) groups is 1. The minimum absolute atomic E-state index is 0.134. The molecule has 0 unspecified atom stereocenters. The molecule has 0 spiro atoms. The van der Waals surface area contributed by atoms with Gasteiger partial charge in [0.1, 0.15) is 5.82 Å². The topological polar surface area (TPSA) is 38.1 Å². The average molecular weight is 343 g/mol. The molecule has 24 heavy (non-hydrogen) atoms. The molecule has 2 heterocycles. The average Bonchev–Trinajstić information content (AvgIpc) is 3.11. The van der Waals surface area contributed by atoms with Crippen LogP contribution in [0.3, 0.4) is 0 Å². The SMILES string of the molecule is CSc1ccc(C(=O)N2CCC[C@H](c3nccn3C(C)C)C2)cc1. The molecule has 0 radical (unpaired) electrons. The summed E-state index contributed by atoms with van der Waals surface area (Å²) in [6, 6.07) is 8.31. The fraction of sp³-hybridized carbons (Fsp3) is 0.474. The number of hydrogen-bond acceptors (Lipinski definition) is 3. The molecule has 5 heteroatoms. The molecule has 1 aromatic heterocycles. The van der Waals surface area contributed by atoms with Crippen molar-refractivity contribution in [3.63, 3.8) is 0 Å². The Hall–Kier alpha value is -1.75. The quantitative estimate of drug-likeness (QED) is 0.781. The summed E-state index contributed by atoms with van der Waals surface area (Å²) in [7, 11) is 0. The van der Waals surface area contributed by atoms with Gasteiger partial charge in [0.15, 0.2) is 0 Å². The molecule has 1 aromatic carbocycles. The highest BCUT2D eigenvalue weighted by Crippen LogP contribution is 2.28. The molecule has 0 bridgehead atoms. The fourth-order valence-corrected chi connectivity index (χ4v) is 3.77. The van der Waals surface area contributed by atoms with E-state index in [1.165, 1.54) is 4.90 Å². The van der Waals surface area contributed by atoms with E-state index in [-0.39, 0.29) is 5.91 Å². The number of imidazole rings is 1. The Kier molecular flexibility index (Phi) is 5.29. The minimum atomic E-state index is 0.134. The number of nitrogens with zero attached hydrogens (tertiary/aromatic N) is 3. The van der Waals surface area contributed by atoms with E-state index in [4.69, 9.17) is 0 Å². The summed E-state index contributed by atoms with van der Waals surface area (Å²) in [6.45, 7) is 5.93. The van der Waals surface area contributed by atoms with E-state index in [2.05, 4.69) is 23.4 Å². The summed E-state index contributed by atoms with van der Waals surface area (Å²) in [5.41, 5.74) is 0.778. The van der Waals surface area contributed by atoms with Crippen LogP contribution in [0.5, 0.6) is 0 Å². The van der Waals surface area contributed by atoms with Gasteiger partial charge in [-0.2, -0.15) is 0 Å². The first-order valence-corrected chi connectivity index (χ1v) is 9.78. The van der Waals surface area contributed by atoms with Crippen molar-refractivity contribution in [2.24, 2.45) is 0 Å². The molecule has 4 nitrogen and oxygen atoms in total. The third-order valence-corrected chi connectivity index (χ3v) is 5.41. The summed E-state index contributed by atoms with van der Waals surface area (Å²) in [5, 5.41) is 0. The summed E-state index contributed by atoms with van der Waals surface area (Å²) in [5.74, 6) is 1.57. The van der Waals surface area contributed by atoms with E-state index in [0.29, 0.717) is 12.0 Å². The van der Waals surface area contributed by atoms with Gasteiger partial charge in [-0.3, -0.25) is 4.79 Å². The molecule has 1 atom stereocenters. The maximum absolute atomic E-state index is 12.8. The van der Waals surface area contributed by atoms with Gasteiger partial charge in [0.2, 0.25) is 0 Å². The van der Waals surface area contributed by atoms with Gasteiger partial charge in [0.05, 0.1) is 0 Å². The van der Waals surface area contributed by atoms with E-state index in [0.717, 1.165) is 37.3 Å². The third-order valence-electron chi connectivity index (χ3n) is 4.67. The molecule has 128 valence electrons. The van der Waals surface area contributed by atoms with E-state index in [1.807, 2.05) is 47.8 Å². The van der Waals surface area contributed by atoms with Crippen LogP contribution in [0.2, 0.25) is 0 Å². The van der Waals surface area contributed by atoms with Crippen molar-refractivity contribution < 1.29 is 4.79 Å². The monoisotopic (exact) mass is 343 g/mol. The van der Waals surface area contributed by atoms with Gasteiger partial charge in [-0.15, -0.1) is 11.8 Å². The van der Waals surface area contributed by atoms with Crippen LogP contribution in [0.25, 0.3) is 0 Å². The van der Waals surface area contributed by atoms with Gasteiger partial charge in [0, 0.05) is 47.9 Å². The Morgan fingerprint density at radius 2 is 2.04 bits per heavy atom. The number of thioether (sulfide) groups is 1. The van der Waals surface area contributed by atoms with Gasteiger partial charge >= 0.3 is 0 Å². The lowest BCUT2D eigenvalue weighted by Crippen LogP contribution is -2.39. The smallest absolute Gasteiger partial charge is 0.253 e. The summed E-state index contributed by atoms with van der Waals surface area (Å²) in [4.78, 5) is 20.6. The number of aromatic nitrogens is 2. The lowest BCUT2D eigenvalue weighted by Gasteiger charge is -2.33. The molecule has 1 saturated heterocycles. The Morgan fingerprint density at radius 3 is 2.71 bits per heavy atom. The standard InChI is InChI=1S/C19H25N3OS/c1-14(2)22-12-10-20-18(22)16-5-4-11-21(13-16)19(23)15-6-8-17(24-3)9-7-15/h6-10,12,14,16H,4-5,11,13H2,1-3H3/t16-/m0/s1. The molecule has 0 aliphatic carbocycles. The molecule has 1 aliphatic rings. The number of amides is 1. The van der Waals surface area contributed by atoms with Crippen LogP contribution in [0.4, 0.5) is 0 Å². The van der Waals surface area contributed by atoms with Crippen molar-refractivity contribution in [2.45, 2.75) is 43.5 Å². The predicted molar refractivity (Wildman–Crippen MR) is 98.7 cm³/mol. The molecule has 3 rings (SSSR count).